The van der Waals surface area contributed by atoms with Gasteiger partial charge in [0, 0.05) is 29.4 Å². The van der Waals surface area contributed by atoms with Gasteiger partial charge in [-0.05, 0) is 31.7 Å². The Balaban J connectivity index is 1.87. The Kier molecular flexibility index (Phi) is 4.02. The first-order valence-corrected chi connectivity index (χ1v) is 10.0. The van der Waals surface area contributed by atoms with Crippen LogP contribution in [0.2, 0.25) is 0 Å². The largest absolute Gasteiger partial charge is 0.331 e. The number of aromatic nitrogens is 1. The van der Waals surface area contributed by atoms with Crippen LogP contribution < -0.4 is 9.84 Å². The van der Waals surface area contributed by atoms with E-state index in [1.54, 1.807) is 18.8 Å². The summed E-state index contributed by atoms with van der Waals surface area (Å²) in [4.78, 5) is 16.1. The van der Waals surface area contributed by atoms with Crippen LogP contribution in [0.4, 0.5) is 11.4 Å². The predicted molar refractivity (Wildman–Crippen MR) is 88.6 cm³/mol. The minimum Gasteiger partial charge on any atom is -0.331 e. The average Bonchev–Trinajstić information content (AvgIpc) is 2.92. The van der Waals surface area contributed by atoms with Crippen molar-refractivity contribution in [3.8, 4) is 0 Å². The predicted octanol–water partition coefficient (Wildman–Crippen LogP) is 3.58. The minimum absolute atomic E-state index is 0.0246. The van der Waals surface area contributed by atoms with E-state index in [1.807, 2.05) is 0 Å². The lowest BCUT2D eigenvalue weighted by Crippen LogP contribution is -2.10. The number of hydrogen-bond acceptors (Lipinski definition) is 5. The van der Waals surface area contributed by atoms with Crippen molar-refractivity contribution >= 4 is 34.8 Å². The summed E-state index contributed by atoms with van der Waals surface area (Å²) in [6.07, 6.45) is 4.23. The van der Waals surface area contributed by atoms with Gasteiger partial charge in [-0.2, -0.15) is 0 Å². The Morgan fingerprint density at radius 3 is 2.86 bits per heavy atom. The second-order valence-corrected chi connectivity index (χ2v) is 9.30. The third-order valence-corrected chi connectivity index (χ3v) is 7.39. The lowest BCUT2D eigenvalue weighted by molar-refractivity contribution is -0.384. The second-order valence-electron chi connectivity index (χ2n) is 5.42. The number of rotatable bonds is 4. The maximum atomic E-state index is 13.0. The molecule has 1 aromatic carbocycles. The number of nitro groups is 1. The van der Waals surface area contributed by atoms with Gasteiger partial charge >= 0.3 is 0 Å². The zero-order valence-corrected chi connectivity index (χ0v) is 13.8. The molecule has 0 radical (unpaired) electrons. The van der Waals surface area contributed by atoms with Crippen molar-refractivity contribution in [3.63, 3.8) is 0 Å². The van der Waals surface area contributed by atoms with Crippen molar-refractivity contribution in [2.24, 2.45) is 0 Å². The van der Waals surface area contributed by atoms with Gasteiger partial charge in [-0.15, -0.1) is 11.3 Å². The molecule has 0 saturated heterocycles. The molecule has 1 atom stereocenters. The molecule has 2 aromatic rings. The molecule has 0 aliphatic heterocycles. The summed E-state index contributed by atoms with van der Waals surface area (Å²) in [5.74, 6) is 0. The lowest BCUT2D eigenvalue weighted by Gasteiger charge is -2.13. The van der Waals surface area contributed by atoms with Gasteiger partial charge in [0.25, 0.3) is 5.69 Å². The smallest absolute Gasteiger partial charge is 0.271 e. The van der Waals surface area contributed by atoms with Gasteiger partial charge in [0.1, 0.15) is 0 Å². The number of nitro benzene ring substituents is 1. The van der Waals surface area contributed by atoms with Crippen LogP contribution in [-0.4, -0.2) is 16.6 Å². The number of thiazole rings is 1. The van der Waals surface area contributed by atoms with E-state index in [9.17, 15) is 14.7 Å². The molecule has 1 heterocycles. The van der Waals surface area contributed by atoms with E-state index in [4.69, 9.17) is 0 Å². The van der Waals surface area contributed by atoms with Crippen molar-refractivity contribution in [3.05, 3.63) is 45.0 Å². The molecule has 0 fully saturated rings. The topological polar surface area (TPSA) is 85.1 Å². The molecule has 0 bridgehead atoms. The van der Waals surface area contributed by atoms with Gasteiger partial charge in [-0.25, -0.2) is 4.98 Å². The monoisotopic (exact) mass is 337 g/mol. The SMILES string of the molecule is CP(=O)(Nc1cccc([N+](=O)[O-])c1)c1nc2c(s1)CCCC2. The summed E-state index contributed by atoms with van der Waals surface area (Å²) in [5.41, 5.74) is 1.52. The number of nitrogens with zero attached hydrogens (tertiary/aromatic N) is 2. The second kappa shape index (κ2) is 5.82. The van der Waals surface area contributed by atoms with E-state index in [1.165, 1.54) is 28.3 Å². The van der Waals surface area contributed by atoms with E-state index >= 15 is 0 Å². The third-order valence-electron chi connectivity index (χ3n) is 3.60. The van der Waals surface area contributed by atoms with Crippen LogP contribution in [0.1, 0.15) is 23.4 Å². The number of hydrogen-bond donors (Lipinski definition) is 1. The zero-order valence-electron chi connectivity index (χ0n) is 12.1. The number of anilines is 1. The Morgan fingerprint density at radius 1 is 1.36 bits per heavy atom. The number of aryl methyl sites for hydroxylation is 2. The van der Waals surface area contributed by atoms with Gasteiger partial charge in [0.2, 0.25) is 7.29 Å². The van der Waals surface area contributed by atoms with Crippen molar-refractivity contribution < 1.29 is 9.49 Å². The van der Waals surface area contributed by atoms with Crippen LogP contribution in [0.5, 0.6) is 0 Å². The Bertz CT molecular complexity index is 751. The van der Waals surface area contributed by atoms with E-state index < -0.39 is 12.2 Å². The quantitative estimate of drug-likeness (QED) is 0.524. The molecule has 8 heteroatoms. The fourth-order valence-corrected chi connectivity index (χ4v) is 5.60. The summed E-state index contributed by atoms with van der Waals surface area (Å²) in [5, 5.41) is 13.8. The Hall–Kier alpha value is -1.72. The van der Waals surface area contributed by atoms with Crippen molar-refractivity contribution in [1.82, 2.24) is 4.98 Å². The molecule has 1 aromatic heterocycles. The number of non-ortho nitro benzene ring substituents is 1. The van der Waals surface area contributed by atoms with E-state index in [0.717, 1.165) is 31.4 Å². The van der Waals surface area contributed by atoms with E-state index in [0.29, 0.717) is 10.4 Å². The minimum atomic E-state index is -2.89. The summed E-state index contributed by atoms with van der Waals surface area (Å²) in [7, 11) is -2.89. The first-order valence-electron chi connectivity index (χ1n) is 7.05. The van der Waals surface area contributed by atoms with Gasteiger partial charge in [-0.3, -0.25) is 14.7 Å². The highest BCUT2D eigenvalue weighted by atomic mass is 32.1. The normalized spacial score (nSPS) is 16.6. The first-order chi connectivity index (χ1) is 10.5. The highest BCUT2D eigenvalue weighted by molar-refractivity contribution is 7.77. The van der Waals surface area contributed by atoms with Crippen molar-refractivity contribution in [2.45, 2.75) is 25.7 Å². The van der Waals surface area contributed by atoms with Crippen molar-refractivity contribution in [2.75, 3.05) is 11.8 Å². The highest BCUT2D eigenvalue weighted by Crippen LogP contribution is 2.43. The molecule has 1 unspecified atom stereocenters. The molecule has 1 aliphatic carbocycles. The number of nitrogens with one attached hydrogen (secondary N) is 1. The van der Waals surface area contributed by atoms with Gasteiger partial charge in [-0.1, -0.05) is 6.07 Å². The maximum absolute atomic E-state index is 13.0. The van der Waals surface area contributed by atoms with E-state index in [2.05, 4.69) is 10.1 Å². The first kappa shape index (κ1) is 15.2. The molecule has 116 valence electrons. The summed E-state index contributed by atoms with van der Waals surface area (Å²) in [6.45, 7) is 1.62. The van der Waals surface area contributed by atoms with Crippen LogP contribution in [-0.2, 0) is 17.4 Å². The molecule has 6 nitrogen and oxygen atoms in total. The zero-order chi connectivity index (χ0) is 15.7. The molecule has 0 amide bonds. The Morgan fingerprint density at radius 2 is 2.14 bits per heavy atom. The van der Waals surface area contributed by atoms with Crippen LogP contribution in [0.25, 0.3) is 0 Å². The summed E-state index contributed by atoms with van der Waals surface area (Å²) < 4.78 is 13.6. The third kappa shape index (κ3) is 3.05. The van der Waals surface area contributed by atoms with Crippen LogP contribution >= 0.6 is 18.6 Å². The van der Waals surface area contributed by atoms with Crippen LogP contribution in [0, 0.1) is 10.1 Å². The van der Waals surface area contributed by atoms with Gasteiger partial charge in [0.05, 0.1) is 10.6 Å². The molecule has 0 spiro atoms. The molecular weight excluding hydrogens is 321 g/mol. The maximum Gasteiger partial charge on any atom is 0.271 e. The average molecular weight is 337 g/mol. The van der Waals surface area contributed by atoms with Gasteiger partial charge < -0.3 is 5.09 Å². The Labute approximate surface area is 132 Å². The standard InChI is InChI=1S/C14H16N3O3PS/c1-21(20,14-15-12-7-2-3-8-13(12)22-14)16-10-5-4-6-11(9-10)17(18)19/h4-6,9H,2-3,7-8H2,1H3,(H,16,20). The number of fused-ring (bicyclic) bond motifs is 1. The fourth-order valence-electron chi connectivity index (χ4n) is 2.50. The lowest BCUT2D eigenvalue weighted by atomic mass is 10.0. The summed E-state index contributed by atoms with van der Waals surface area (Å²) >= 11 is 1.50. The molecule has 22 heavy (non-hydrogen) atoms. The summed E-state index contributed by atoms with van der Waals surface area (Å²) in [6, 6.07) is 6.06. The molecule has 1 aliphatic rings. The van der Waals surface area contributed by atoms with E-state index in [-0.39, 0.29) is 5.69 Å². The molecule has 3 rings (SSSR count). The highest BCUT2D eigenvalue weighted by Gasteiger charge is 2.26. The molecule has 0 saturated carbocycles. The fraction of sp³-hybridized carbons (Fsp3) is 0.357. The van der Waals surface area contributed by atoms with Crippen LogP contribution in [0.3, 0.4) is 0 Å². The molecule has 1 N–H and O–H groups in total. The van der Waals surface area contributed by atoms with Crippen LogP contribution in [0.15, 0.2) is 24.3 Å². The van der Waals surface area contributed by atoms with Gasteiger partial charge in [0.15, 0.2) is 4.75 Å². The van der Waals surface area contributed by atoms with Crippen molar-refractivity contribution in [1.29, 1.82) is 0 Å². The number of benzene rings is 1. The molecular formula is C14H16N3O3PS.